The van der Waals surface area contributed by atoms with Gasteiger partial charge in [-0.3, -0.25) is 29.1 Å². The van der Waals surface area contributed by atoms with Gasteiger partial charge in [-0.05, 0) is 31.9 Å². The van der Waals surface area contributed by atoms with Gasteiger partial charge in [-0.15, -0.1) is 6.42 Å². The second-order valence-corrected chi connectivity index (χ2v) is 7.47. The van der Waals surface area contributed by atoms with Gasteiger partial charge in [-0.2, -0.15) is 0 Å². The van der Waals surface area contributed by atoms with Crippen LogP contribution in [0, 0.1) is 19.3 Å². The summed E-state index contributed by atoms with van der Waals surface area (Å²) in [6, 6.07) is 3.59. The molecule has 172 valence electrons. The molecule has 2 heterocycles. The molecule has 11 nitrogen and oxygen atoms in total. The normalized spacial score (nSPS) is 15.5. The van der Waals surface area contributed by atoms with Crippen LogP contribution in [0.4, 0.5) is 10.5 Å². The highest BCUT2D eigenvalue weighted by Crippen LogP contribution is 2.23. The van der Waals surface area contributed by atoms with E-state index in [1.54, 1.807) is 25.1 Å². The van der Waals surface area contributed by atoms with E-state index in [0.717, 1.165) is 0 Å². The Bertz CT molecular complexity index is 1210. The fourth-order valence-corrected chi connectivity index (χ4v) is 3.58. The highest BCUT2D eigenvalue weighted by molar-refractivity contribution is 6.01. The van der Waals surface area contributed by atoms with Gasteiger partial charge < -0.3 is 16.0 Å². The standard InChI is InChI=1S/C22H24N6O5/c1-3-11-23-22(33)24-12-5-8-17(29)26-15-7-4-6-14-19(15)25-13(2)28(21(14)32)16-9-10-18(30)27-20(16)31/h1,4,6-7,16H,5,8-12H2,2H3,(H,26,29)(H2,23,24,33)(H,27,30,31). The Morgan fingerprint density at radius 1 is 1.27 bits per heavy atom. The largest absolute Gasteiger partial charge is 0.338 e. The van der Waals surface area contributed by atoms with Crippen molar-refractivity contribution in [3.8, 4) is 12.3 Å². The molecule has 4 N–H and O–H groups in total. The minimum absolute atomic E-state index is 0.116. The Labute approximate surface area is 189 Å². The third kappa shape index (κ3) is 5.54. The van der Waals surface area contributed by atoms with Crippen LogP contribution in [-0.2, 0) is 14.4 Å². The molecule has 0 aliphatic carbocycles. The van der Waals surface area contributed by atoms with Crippen LogP contribution < -0.4 is 26.8 Å². The number of nitrogens with one attached hydrogen (secondary N) is 4. The van der Waals surface area contributed by atoms with E-state index in [-0.39, 0.29) is 49.6 Å². The highest BCUT2D eigenvalue weighted by atomic mass is 16.2. The number of nitrogens with zero attached hydrogens (tertiary/aromatic N) is 2. The molecule has 1 fully saturated rings. The van der Waals surface area contributed by atoms with Crippen LogP contribution in [0.15, 0.2) is 23.0 Å². The van der Waals surface area contributed by atoms with Gasteiger partial charge in [0.15, 0.2) is 0 Å². The molecule has 1 saturated heterocycles. The number of aryl methyl sites for hydroxylation is 1. The number of rotatable bonds is 7. The fraction of sp³-hybridized carbons (Fsp3) is 0.364. The summed E-state index contributed by atoms with van der Waals surface area (Å²) in [5.74, 6) is 1.37. The number of fused-ring (bicyclic) bond motifs is 1. The molecule has 1 aromatic heterocycles. The number of para-hydroxylation sites is 1. The molecule has 1 aliphatic rings. The highest BCUT2D eigenvalue weighted by Gasteiger charge is 2.30. The quantitative estimate of drug-likeness (QED) is 0.270. The van der Waals surface area contributed by atoms with Gasteiger partial charge in [0.1, 0.15) is 17.4 Å². The topological polar surface area (TPSA) is 151 Å². The van der Waals surface area contributed by atoms with Crippen LogP contribution in [-0.4, -0.2) is 46.4 Å². The minimum Gasteiger partial charge on any atom is -0.338 e. The number of carbonyl (C=O) groups is 4. The van der Waals surface area contributed by atoms with Crippen molar-refractivity contribution in [2.75, 3.05) is 18.4 Å². The van der Waals surface area contributed by atoms with Gasteiger partial charge in [0, 0.05) is 19.4 Å². The van der Waals surface area contributed by atoms with Crippen molar-refractivity contribution < 1.29 is 19.2 Å². The number of aromatic nitrogens is 2. The molecule has 33 heavy (non-hydrogen) atoms. The molecule has 5 amide bonds. The number of anilines is 1. The van der Waals surface area contributed by atoms with E-state index in [9.17, 15) is 24.0 Å². The minimum atomic E-state index is -0.823. The van der Waals surface area contributed by atoms with Crippen molar-refractivity contribution in [2.45, 2.75) is 38.6 Å². The second-order valence-electron chi connectivity index (χ2n) is 7.47. The van der Waals surface area contributed by atoms with Crippen LogP contribution in [0.1, 0.15) is 37.5 Å². The van der Waals surface area contributed by atoms with Crippen molar-refractivity contribution in [3.63, 3.8) is 0 Å². The first kappa shape index (κ1) is 23.5. The van der Waals surface area contributed by atoms with Crippen LogP contribution in [0.3, 0.4) is 0 Å². The van der Waals surface area contributed by atoms with Crippen molar-refractivity contribution >= 4 is 40.3 Å². The molecule has 1 atom stereocenters. The van der Waals surface area contributed by atoms with Gasteiger partial charge in [-0.1, -0.05) is 12.0 Å². The lowest BCUT2D eigenvalue weighted by atomic mass is 10.1. The number of terminal acetylenes is 1. The zero-order valence-electron chi connectivity index (χ0n) is 18.1. The average Bonchev–Trinajstić information content (AvgIpc) is 2.77. The SMILES string of the molecule is C#CCNC(=O)NCCCC(=O)Nc1cccc2c(=O)n(C3CCC(=O)NC3=O)c(C)nc12. The molecule has 2 aromatic rings. The van der Waals surface area contributed by atoms with Gasteiger partial charge in [0.2, 0.25) is 17.7 Å². The third-order valence-electron chi connectivity index (χ3n) is 5.12. The van der Waals surface area contributed by atoms with Crippen molar-refractivity contribution in [1.29, 1.82) is 0 Å². The van der Waals surface area contributed by atoms with Crippen molar-refractivity contribution in [2.24, 2.45) is 0 Å². The first-order valence-corrected chi connectivity index (χ1v) is 10.4. The Balaban J connectivity index is 1.72. The summed E-state index contributed by atoms with van der Waals surface area (Å²) in [4.78, 5) is 65.1. The van der Waals surface area contributed by atoms with Crippen LogP contribution in [0.25, 0.3) is 10.9 Å². The molecule has 1 aromatic carbocycles. The lowest BCUT2D eigenvalue weighted by molar-refractivity contribution is -0.135. The summed E-state index contributed by atoms with van der Waals surface area (Å²) in [7, 11) is 0. The molecular weight excluding hydrogens is 428 g/mol. The Hall–Kier alpha value is -4.20. The second kappa shape index (κ2) is 10.4. The Morgan fingerprint density at radius 3 is 2.79 bits per heavy atom. The van der Waals surface area contributed by atoms with Crippen molar-refractivity contribution in [1.82, 2.24) is 25.5 Å². The fourth-order valence-electron chi connectivity index (χ4n) is 3.58. The first-order chi connectivity index (χ1) is 15.8. The Kier molecular flexibility index (Phi) is 7.40. The lowest BCUT2D eigenvalue weighted by Gasteiger charge is -2.24. The molecule has 3 rings (SSSR count). The maximum atomic E-state index is 13.2. The van der Waals surface area contributed by atoms with E-state index in [1.807, 2.05) is 0 Å². The number of benzene rings is 1. The number of imide groups is 1. The number of carbonyl (C=O) groups excluding carboxylic acids is 4. The summed E-state index contributed by atoms with van der Waals surface area (Å²) in [5.41, 5.74) is 0.252. The first-order valence-electron chi connectivity index (χ1n) is 10.4. The summed E-state index contributed by atoms with van der Waals surface area (Å²) in [5, 5.41) is 10.3. The summed E-state index contributed by atoms with van der Waals surface area (Å²) < 4.78 is 1.28. The zero-order valence-corrected chi connectivity index (χ0v) is 18.1. The summed E-state index contributed by atoms with van der Waals surface area (Å²) in [6.45, 7) is 2.00. The van der Waals surface area contributed by atoms with E-state index in [2.05, 4.69) is 32.2 Å². The third-order valence-corrected chi connectivity index (χ3v) is 5.12. The monoisotopic (exact) mass is 452 g/mol. The molecule has 0 radical (unpaired) electrons. The lowest BCUT2D eigenvalue weighted by Crippen LogP contribution is -2.45. The van der Waals surface area contributed by atoms with Crippen molar-refractivity contribution in [3.05, 3.63) is 34.4 Å². The van der Waals surface area contributed by atoms with Gasteiger partial charge in [0.25, 0.3) is 5.56 Å². The van der Waals surface area contributed by atoms with Crippen LogP contribution in [0.5, 0.6) is 0 Å². The molecular formula is C22H24N6O5. The van der Waals surface area contributed by atoms with E-state index in [4.69, 9.17) is 6.42 Å². The molecule has 0 saturated carbocycles. The number of hydrogen-bond acceptors (Lipinski definition) is 6. The predicted molar refractivity (Wildman–Crippen MR) is 120 cm³/mol. The van der Waals surface area contributed by atoms with E-state index in [0.29, 0.717) is 23.4 Å². The average molecular weight is 452 g/mol. The molecule has 1 unspecified atom stereocenters. The maximum Gasteiger partial charge on any atom is 0.315 e. The molecule has 0 bridgehead atoms. The van der Waals surface area contributed by atoms with Gasteiger partial charge >= 0.3 is 6.03 Å². The molecule has 0 spiro atoms. The number of urea groups is 1. The predicted octanol–water partition coefficient (Wildman–Crippen LogP) is 0.334. The van der Waals surface area contributed by atoms with Crippen LogP contribution >= 0.6 is 0 Å². The number of amides is 5. The van der Waals surface area contributed by atoms with E-state index >= 15 is 0 Å². The van der Waals surface area contributed by atoms with E-state index in [1.165, 1.54) is 4.57 Å². The maximum absolute atomic E-state index is 13.2. The number of piperidine rings is 1. The Morgan fingerprint density at radius 2 is 2.06 bits per heavy atom. The van der Waals surface area contributed by atoms with Gasteiger partial charge in [0.05, 0.1) is 17.6 Å². The molecule has 1 aliphatic heterocycles. The molecule has 11 heteroatoms. The summed E-state index contributed by atoms with van der Waals surface area (Å²) >= 11 is 0. The van der Waals surface area contributed by atoms with E-state index < -0.39 is 23.5 Å². The zero-order chi connectivity index (χ0) is 24.0. The van der Waals surface area contributed by atoms with Crippen LogP contribution in [0.2, 0.25) is 0 Å². The summed E-state index contributed by atoms with van der Waals surface area (Å²) in [6.07, 6.45) is 5.94. The van der Waals surface area contributed by atoms with Gasteiger partial charge in [-0.25, -0.2) is 9.78 Å². The number of hydrogen-bond donors (Lipinski definition) is 4. The smallest absolute Gasteiger partial charge is 0.315 e.